The molecule has 2 aromatic heterocycles. The van der Waals surface area contributed by atoms with E-state index in [1.165, 1.54) is 5.56 Å². The summed E-state index contributed by atoms with van der Waals surface area (Å²) in [5, 5.41) is 16.2. The molecule has 2 saturated heterocycles. The van der Waals surface area contributed by atoms with Crippen molar-refractivity contribution in [2.45, 2.75) is 64.7 Å². The first-order chi connectivity index (χ1) is 21.1. The molecule has 0 bridgehead atoms. The standard InChI is InChI=1S/C33H41FN8O2/c1-20-9-10-29-27(15-36-39(29)6)30(20)40-13-11-25-28(18-40)37-32(44-19-24-8-7-12-38(24)5)26(14-35)31(25)41-16-21(2)42(22(3)17-41)33(43)23(4)34/h9-10,15,21-22,24H,4,7-8,11-13,16-19H2,1-3,5-6H3/t21-,22+,24-/m0/s1. The lowest BCUT2D eigenvalue weighted by molar-refractivity contribution is -0.133. The lowest BCUT2D eigenvalue weighted by atomic mass is 9.95. The molecule has 2 fully saturated rings. The highest BCUT2D eigenvalue weighted by Crippen LogP contribution is 2.40. The average Bonchev–Trinajstić information content (AvgIpc) is 3.58. The van der Waals surface area contributed by atoms with Gasteiger partial charge in [-0.25, -0.2) is 9.37 Å². The number of amides is 1. The fraction of sp³-hybridized carbons (Fsp3) is 0.515. The fourth-order valence-electron chi connectivity index (χ4n) is 7.43. The summed E-state index contributed by atoms with van der Waals surface area (Å²) >= 11 is 0. The van der Waals surface area contributed by atoms with Gasteiger partial charge in [0.05, 0.1) is 35.3 Å². The van der Waals surface area contributed by atoms with Crippen LogP contribution >= 0.6 is 0 Å². The zero-order valence-electron chi connectivity index (χ0n) is 26.3. The molecule has 11 heteroatoms. The van der Waals surface area contributed by atoms with Gasteiger partial charge in [0.1, 0.15) is 18.2 Å². The number of hydrogen-bond acceptors (Lipinski definition) is 8. The fourth-order valence-corrected chi connectivity index (χ4v) is 7.43. The maximum Gasteiger partial charge on any atom is 0.282 e. The Labute approximate surface area is 258 Å². The van der Waals surface area contributed by atoms with Gasteiger partial charge < -0.3 is 24.3 Å². The van der Waals surface area contributed by atoms with E-state index in [1.807, 2.05) is 31.8 Å². The van der Waals surface area contributed by atoms with Crippen LogP contribution in [0.1, 0.15) is 49.1 Å². The predicted molar refractivity (Wildman–Crippen MR) is 169 cm³/mol. The third-order valence-corrected chi connectivity index (χ3v) is 9.61. The zero-order valence-corrected chi connectivity index (χ0v) is 26.3. The second-order valence-corrected chi connectivity index (χ2v) is 12.6. The van der Waals surface area contributed by atoms with Crippen LogP contribution in [0.5, 0.6) is 5.88 Å². The van der Waals surface area contributed by atoms with Gasteiger partial charge in [0, 0.05) is 55.8 Å². The third-order valence-electron chi connectivity index (χ3n) is 9.61. The molecule has 0 unspecified atom stereocenters. The molecule has 44 heavy (non-hydrogen) atoms. The van der Waals surface area contributed by atoms with Gasteiger partial charge in [-0.1, -0.05) is 12.6 Å². The Hall–Kier alpha value is -4.17. The number of likely N-dealkylation sites (tertiary alicyclic amines) is 1. The highest BCUT2D eigenvalue weighted by atomic mass is 19.1. The van der Waals surface area contributed by atoms with E-state index in [0.717, 1.165) is 59.5 Å². The Bertz CT molecular complexity index is 1650. The monoisotopic (exact) mass is 600 g/mol. The predicted octanol–water partition coefficient (Wildman–Crippen LogP) is 4.09. The van der Waals surface area contributed by atoms with Gasteiger partial charge in [0.25, 0.3) is 5.91 Å². The molecule has 0 aliphatic carbocycles. The first-order valence-electron chi connectivity index (χ1n) is 15.5. The van der Waals surface area contributed by atoms with Crippen molar-refractivity contribution in [2.24, 2.45) is 7.05 Å². The van der Waals surface area contributed by atoms with Crippen LogP contribution in [0.2, 0.25) is 0 Å². The summed E-state index contributed by atoms with van der Waals surface area (Å²) in [4.78, 5) is 26.1. The molecule has 1 amide bonds. The highest BCUT2D eigenvalue weighted by Gasteiger charge is 2.38. The van der Waals surface area contributed by atoms with E-state index in [0.29, 0.717) is 44.1 Å². The van der Waals surface area contributed by atoms with Gasteiger partial charge >= 0.3 is 0 Å². The molecule has 3 aliphatic heterocycles. The van der Waals surface area contributed by atoms with Crippen LogP contribution in [-0.2, 0) is 24.8 Å². The Kier molecular flexibility index (Phi) is 7.97. The molecule has 10 nitrogen and oxygen atoms in total. The molecule has 0 spiro atoms. The Morgan fingerprint density at radius 2 is 1.91 bits per heavy atom. The number of aryl methyl sites for hydroxylation is 2. The normalized spacial score (nSPS) is 22.3. The Morgan fingerprint density at radius 1 is 1.16 bits per heavy atom. The van der Waals surface area contributed by atoms with Crippen molar-refractivity contribution in [1.82, 2.24) is 24.6 Å². The van der Waals surface area contributed by atoms with Gasteiger partial charge in [-0.3, -0.25) is 9.48 Å². The van der Waals surface area contributed by atoms with Crippen molar-refractivity contribution in [1.29, 1.82) is 5.26 Å². The molecule has 0 saturated carbocycles. The van der Waals surface area contributed by atoms with Crippen LogP contribution in [0.25, 0.3) is 10.9 Å². The van der Waals surface area contributed by atoms with Gasteiger partial charge in [-0.2, -0.15) is 10.4 Å². The first kappa shape index (κ1) is 29.9. The molecule has 5 heterocycles. The number of aromatic nitrogens is 3. The number of anilines is 2. The Balaban J connectivity index is 1.41. The number of fused-ring (bicyclic) bond motifs is 2. The summed E-state index contributed by atoms with van der Waals surface area (Å²) < 4.78 is 22.2. The van der Waals surface area contributed by atoms with Crippen molar-refractivity contribution in [3.63, 3.8) is 0 Å². The number of carbonyl (C=O) groups excluding carboxylic acids is 1. The maximum atomic E-state index is 13.9. The number of piperazine rings is 1. The topological polar surface area (TPSA) is 93.8 Å². The van der Waals surface area contributed by atoms with Crippen LogP contribution in [0, 0.1) is 18.3 Å². The van der Waals surface area contributed by atoms with E-state index in [9.17, 15) is 14.4 Å². The average molecular weight is 601 g/mol. The molecule has 0 N–H and O–H groups in total. The summed E-state index contributed by atoms with van der Waals surface area (Å²) in [6, 6.07) is 6.38. The van der Waals surface area contributed by atoms with Crippen molar-refractivity contribution in [3.8, 4) is 11.9 Å². The first-order valence-corrected chi connectivity index (χ1v) is 15.5. The van der Waals surface area contributed by atoms with Gasteiger partial charge in [-0.15, -0.1) is 0 Å². The van der Waals surface area contributed by atoms with Crippen LogP contribution in [0.15, 0.2) is 30.7 Å². The number of nitrogens with zero attached hydrogens (tertiary/aromatic N) is 8. The molecule has 6 rings (SSSR count). The molecule has 3 aliphatic rings. The molecule has 232 valence electrons. The quantitative estimate of drug-likeness (QED) is 0.391. The number of carbonyl (C=O) groups is 1. The summed E-state index contributed by atoms with van der Waals surface area (Å²) in [5.41, 5.74) is 6.56. The smallest absolute Gasteiger partial charge is 0.282 e. The molecular formula is C33H41FN8O2. The Morgan fingerprint density at radius 3 is 2.57 bits per heavy atom. The minimum Gasteiger partial charge on any atom is -0.475 e. The van der Waals surface area contributed by atoms with Gasteiger partial charge in [-0.05, 0) is 65.3 Å². The second kappa shape index (κ2) is 11.7. The lowest BCUT2D eigenvalue weighted by Gasteiger charge is -2.46. The van der Waals surface area contributed by atoms with Crippen LogP contribution in [0.4, 0.5) is 15.8 Å². The van der Waals surface area contributed by atoms with E-state index < -0.39 is 11.7 Å². The largest absolute Gasteiger partial charge is 0.475 e. The van der Waals surface area contributed by atoms with E-state index in [2.05, 4.69) is 58.6 Å². The summed E-state index contributed by atoms with van der Waals surface area (Å²) in [6.45, 7) is 12.9. The minimum absolute atomic E-state index is 0.272. The van der Waals surface area contributed by atoms with Crippen LogP contribution in [-0.4, -0.2) is 88.4 Å². The highest BCUT2D eigenvalue weighted by molar-refractivity contribution is 5.94. The zero-order chi connectivity index (χ0) is 31.3. The number of pyridine rings is 1. The number of benzene rings is 1. The summed E-state index contributed by atoms with van der Waals surface area (Å²) in [7, 11) is 4.06. The SMILES string of the molecule is C=C(F)C(=O)N1[C@H](C)CN(c2c(C#N)c(OC[C@@H]3CCCN3C)nc3c2CCN(c2c(C)ccc4c2cnn4C)C3)C[C@@H]1C. The van der Waals surface area contributed by atoms with Crippen molar-refractivity contribution < 1.29 is 13.9 Å². The molecule has 0 radical (unpaired) electrons. The van der Waals surface area contributed by atoms with Gasteiger partial charge in [0.2, 0.25) is 5.88 Å². The van der Waals surface area contributed by atoms with E-state index >= 15 is 0 Å². The third kappa shape index (κ3) is 5.15. The minimum atomic E-state index is -0.956. The van der Waals surface area contributed by atoms with E-state index in [-0.39, 0.29) is 18.1 Å². The lowest BCUT2D eigenvalue weighted by Crippen LogP contribution is -2.59. The number of halogens is 1. The maximum absolute atomic E-state index is 13.9. The number of likely N-dealkylation sites (N-methyl/N-ethyl adjacent to an activating group) is 1. The summed E-state index contributed by atoms with van der Waals surface area (Å²) in [6.07, 6.45) is 4.78. The molecule has 1 aromatic carbocycles. The van der Waals surface area contributed by atoms with Crippen molar-refractivity contribution in [2.75, 3.05) is 49.6 Å². The van der Waals surface area contributed by atoms with Gasteiger partial charge in [0.15, 0.2) is 5.83 Å². The van der Waals surface area contributed by atoms with E-state index in [1.54, 1.807) is 4.90 Å². The number of ether oxygens (including phenoxy) is 1. The van der Waals surface area contributed by atoms with E-state index in [4.69, 9.17) is 9.72 Å². The second-order valence-electron chi connectivity index (χ2n) is 12.6. The number of rotatable bonds is 6. The van der Waals surface area contributed by atoms with Crippen LogP contribution in [0.3, 0.4) is 0 Å². The molecule has 3 atom stereocenters. The number of hydrogen-bond donors (Lipinski definition) is 0. The van der Waals surface area contributed by atoms with Crippen molar-refractivity contribution >= 4 is 28.2 Å². The summed E-state index contributed by atoms with van der Waals surface area (Å²) in [5.74, 6) is -1.28. The molecule has 3 aromatic rings. The van der Waals surface area contributed by atoms with Crippen molar-refractivity contribution in [3.05, 3.63) is 53.1 Å². The number of nitriles is 1. The van der Waals surface area contributed by atoms with Crippen LogP contribution < -0.4 is 14.5 Å². The molecular weight excluding hydrogens is 559 g/mol.